The molecule has 20 heavy (non-hydrogen) atoms. The van der Waals surface area contributed by atoms with Gasteiger partial charge in [0.15, 0.2) is 0 Å². The van der Waals surface area contributed by atoms with Crippen LogP contribution in [0.5, 0.6) is 0 Å². The summed E-state index contributed by atoms with van der Waals surface area (Å²) < 4.78 is 32.3. The Morgan fingerprint density at radius 2 is 1.95 bits per heavy atom. The third-order valence-electron chi connectivity index (χ3n) is 3.14. The van der Waals surface area contributed by atoms with E-state index in [2.05, 4.69) is 0 Å². The Kier molecular flexibility index (Phi) is 4.43. The third-order valence-corrected chi connectivity index (χ3v) is 5.21. The van der Waals surface area contributed by atoms with Gasteiger partial charge in [-0.2, -0.15) is 4.31 Å². The fourth-order valence-electron chi connectivity index (χ4n) is 2.29. The molecule has 2 rings (SSSR count). The number of rotatable bonds is 3. The Bertz CT molecular complexity index is 606. The standard InChI is InChI=1S/C13H18N2O3S2/c1-9-7-15(8-10(2)18-9)20(16,17)12-5-3-4-11(6-12)13(14)19/h3-6,9-10H,7-8H2,1-2H3,(H2,14,19)/t9-,10+. The summed E-state index contributed by atoms with van der Waals surface area (Å²) in [5.41, 5.74) is 6.10. The van der Waals surface area contributed by atoms with Gasteiger partial charge in [-0.15, -0.1) is 0 Å². The highest BCUT2D eigenvalue weighted by atomic mass is 32.2. The zero-order chi connectivity index (χ0) is 14.9. The van der Waals surface area contributed by atoms with Crippen molar-refractivity contribution in [1.29, 1.82) is 0 Å². The molecule has 1 aliphatic heterocycles. The van der Waals surface area contributed by atoms with Gasteiger partial charge in [-0.05, 0) is 26.0 Å². The van der Waals surface area contributed by atoms with Crippen LogP contribution in [0.25, 0.3) is 0 Å². The van der Waals surface area contributed by atoms with E-state index in [1.165, 1.54) is 10.4 Å². The number of morpholine rings is 1. The molecule has 0 bridgehead atoms. The van der Waals surface area contributed by atoms with Crippen LogP contribution in [0.4, 0.5) is 0 Å². The summed E-state index contributed by atoms with van der Waals surface area (Å²) in [6.07, 6.45) is -0.236. The van der Waals surface area contributed by atoms with E-state index in [0.717, 1.165) is 0 Å². The molecule has 0 unspecified atom stereocenters. The first-order valence-corrected chi connectivity index (χ1v) is 8.21. The van der Waals surface area contributed by atoms with Crippen molar-refractivity contribution in [3.8, 4) is 0 Å². The Morgan fingerprint density at radius 1 is 1.35 bits per heavy atom. The van der Waals surface area contributed by atoms with E-state index in [4.69, 9.17) is 22.7 Å². The molecule has 1 aromatic rings. The van der Waals surface area contributed by atoms with Crippen molar-refractivity contribution < 1.29 is 13.2 Å². The van der Waals surface area contributed by atoms with Crippen molar-refractivity contribution in [2.45, 2.75) is 31.0 Å². The minimum atomic E-state index is -3.55. The average molecular weight is 314 g/mol. The van der Waals surface area contributed by atoms with Crippen LogP contribution in [-0.4, -0.2) is 43.0 Å². The lowest BCUT2D eigenvalue weighted by atomic mass is 10.2. The maximum absolute atomic E-state index is 12.6. The molecule has 1 saturated heterocycles. The summed E-state index contributed by atoms with van der Waals surface area (Å²) in [6.45, 7) is 4.43. The Balaban J connectivity index is 2.34. The minimum Gasteiger partial charge on any atom is -0.389 e. The largest absolute Gasteiger partial charge is 0.389 e. The number of sulfonamides is 1. The van der Waals surface area contributed by atoms with E-state index in [1.54, 1.807) is 18.2 Å². The molecular weight excluding hydrogens is 296 g/mol. The molecule has 0 saturated carbocycles. The zero-order valence-corrected chi connectivity index (χ0v) is 13.1. The molecule has 0 radical (unpaired) electrons. The van der Waals surface area contributed by atoms with Gasteiger partial charge >= 0.3 is 0 Å². The van der Waals surface area contributed by atoms with Crippen molar-refractivity contribution in [3.05, 3.63) is 29.8 Å². The second-order valence-electron chi connectivity index (χ2n) is 4.97. The summed E-state index contributed by atoms with van der Waals surface area (Å²) in [5, 5.41) is 0. The fraction of sp³-hybridized carbons (Fsp3) is 0.462. The van der Waals surface area contributed by atoms with Gasteiger partial charge in [-0.3, -0.25) is 0 Å². The Hall–Kier alpha value is -1.02. The molecule has 1 heterocycles. The third kappa shape index (κ3) is 3.17. The van der Waals surface area contributed by atoms with Crippen LogP contribution in [-0.2, 0) is 14.8 Å². The minimum absolute atomic E-state index is 0.118. The van der Waals surface area contributed by atoms with Crippen LogP contribution in [0.3, 0.4) is 0 Å². The molecular formula is C13H18N2O3S2. The molecule has 0 spiro atoms. The molecule has 1 aliphatic rings. The van der Waals surface area contributed by atoms with E-state index in [0.29, 0.717) is 18.7 Å². The fourth-order valence-corrected chi connectivity index (χ4v) is 4.05. The van der Waals surface area contributed by atoms with Crippen molar-refractivity contribution in [3.63, 3.8) is 0 Å². The van der Waals surface area contributed by atoms with Crippen LogP contribution >= 0.6 is 12.2 Å². The number of thiocarbonyl (C=S) groups is 1. The molecule has 2 atom stereocenters. The lowest BCUT2D eigenvalue weighted by Crippen LogP contribution is -2.48. The van der Waals surface area contributed by atoms with E-state index in [-0.39, 0.29) is 22.1 Å². The number of nitrogens with two attached hydrogens (primary N) is 1. The van der Waals surface area contributed by atoms with Gasteiger partial charge in [0.1, 0.15) is 4.99 Å². The first-order chi connectivity index (χ1) is 9.30. The van der Waals surface area contributed by atoms with Crippen LogP contribution in [0, 0.1) is 0 Å². The van der Waals surface area contributed by atoms with Crippen LogP contribution < -0.4 is 5.73 Å². The van der Waals surface area contributed by atoms with E-state index < -0.39 is 10.0 Å². The topological polar surface area (TPSA) is 72.6 Å². The SMILES string of the molecule is C[C@@H]1CN(S(=O)(=O)c2cccc(C(N)=S)c2)C[C@H](C)O1. The first kappa shape index (κ1) is 15.4. The summed E-state index contributed by atoms with van der Waals surface area (Å²) in [5.74, 6) is 0. The highest BCUT2D eigenvalue weighted by Crippen LogP contribution is 2.21. The van der Waals surface area contributed by atoms with Gasteiger partial charge in [0.2, 0.25) is 10.0 Å². The van der Waals surface area contributed by atoms with E-state index in [9.17, 15) is 8.42 Å². The molecule has 1 aromatic carbocycles. The molecule has 0 aliphatic carbocycles. The van der Waals surface area contributed by atoms with Gasteiger partial charge in [0.25, 0.3) is 0 Å². The summed E-state index contributed by atoms with van der Waals surface area (Å²) in [7, 11) is -3.55. The predicted molar refractivity (Wildman–Crippen MR) is 81.1 cm³/mol. The van der Waals surface area contributed by atoms with Crippen LogP contribution in [0.2, 0.25) is 0 Å². The van der Waals surface area contributed by atoms with Crippen LogP contribution in [0.15, 0.2) is 29.2 Å². The number of ether oxygens (including phenoxy) is 1. The molecule has 0 aromatic heterocycles. The van der Waals surface area contributed by atoms with Crippen molar-refractivity contribution in [1.82, 2.24) is 4.31 Å². The smallest absolute Gasteiger partial charge is 0.243 e. The predicted octanol–water partition coefficient (Wildman–Crippen LogP) is 1.12. The van der Waals surface area contributed by atoms with Gasteiger partial charge in [-0.25, -0.2) is 8.42 Å². The van der Waals surface area contributed by atoms with E-state index >= 15 is 0 Å². The van der Waals surface area contributed by atoms with Gasteiger partial charge in [-0.1, -0.05) is 24.4 Å². The Labute approximate surface area is 124 Å². The lowest BCUT2D eigenvalue weighted by molar-refractivity contribution is -0.0440. The van der Waals surface area contributed by atoms with Crippen molar-refractivity contribution in [2.24, 2.45) is 5.73 Å². The first-order valence-electron chi connectivity index (χ1n) is 6.36. The number of hydrogen-bond donors (Lipinski definition) is 1. The molecule has 110 valence electrons. The highest BCUT2D eigenvalue weighted by Gasteiger charge is 2.32. The van der Waals surface area contributed by atoms with Crippen molar-refractivity contribution in [2.75, 3.05) is 13.1 Å². The van der Waals surface area contributed by atoms with Gasteiger partial charge in [0, 0.05) is 18.7 Å². The molecule has 1 fully saturated rings. The number of nitrogens with zero attached hydrogens (tertiary/aromatic N) is 1. The second kappa shape index (κ2) is 5.77. The highest BCUT2D eigenvalue weighted by molar-refractivity contribution is 7.89. The van der Waals surface area contributed by atoms with Crippen molar-refractivity contribution >= 4 is 27.2 Å². The molecule has 7 heteroatoms. The number of benzene rings is 1. The quantitative estimate of drug-likeness (QED) is 0.847. The van der Waals surface area contributed by atoms with Gasteiger partial charge in [0.05, 0.1) is 17.1 Å². The second-order valence-corrected chi connectivity index (χ2v) is 7.35. The average Bonchev–Trinajstić information content (AvgIpc) is 2.37. The monoisotopic (exact) mass is 314 g/mol. The van der Waals surface area contributed by atoms with Gasteiger partial charge < -0.3 is 10.5 Å². The van der Waals surface area contributed by atoms with E-state index in [1.807, 2.05) is 13.8 Å². The van der Waals surface area contributed by atoms with Crippen LogP contribution in [0.1, 0.15) is 19.4 Å². The summed E-state index contributed by atoms with van der Waals surface area (Å²) >= 11 is 4.89. The maximum atomic E-state index is 12.6. The molecule has 0 amide bonds. The number of hydrogen-bond acceptors (Lipinski definition) is 4. The maximum Gasteiger partial charge on any atom is 0.243 e. The summed E-state index contributed by atoms with van der Waals surface area (Å²) in [6, 6.07) is 6.42. The Morgan fingerprint density at radius 3 is 2.50 bits per heavy atom. The normalized spacial score (nSPS) is 24.5. The lowest BCUT2D eigenvalue weighted by Gasteiger charge is -2.34. The molecule has 5 nitrogen and oxygen atoms in total. The molecule has 2 N–H and O–H groups in total. The zero-order valence-electron chi connectivity index (χ0n) is 11.4. The summed E-state index contributed by atoms with van der Waals surface area (Å²) in [4.78, 5) is 0.398.